The summed E-state index contributed by atoms with van der Waals surface area (Å²) >= 11 is 5.65. The topological polar surface area (TPSA) is 81.1 Å². The molecule has 0 saturated carbocycles. The van der Waals surface area contributed by atoms with E-state index in [1.807, 2.05) is 4.72 Å². The SMILES string of the molecule is C#CCCCCC(=O)NS(=O)(=O)c1cnc(Cl)n1C. The van der Waals surface area contributed by atoms with Gasteiger partial charge in [-0.25, -0.2) is 9.71 Å². The highest BCUT2D eigenvalue weighted by Gasteiger charge is 2.22. The van der Waals surface area contributed by atoms with Crippen molar-refractivity contribution >= 4 is 27.5 Å². The molecule has 19 heavy (non-hydrogen) atoms. The van der Waals surface area contributed by atoms with Crippen LogP contribution in [0.25, 0.3) is 0 Å². The van der Waals surface area contributed by atoms with Crippen LogP contribution >= 0.6 is 11.6 Å². The molecule has 1 amide bonds. The summed E-state index contributed by atoms with van der Waals surface area (Å²) in [5.41, 5.74) is 0. The molecule has 6 nitrogen and oxygen atoms in total. The third kappa shape index (κ3) is 4.26. The molecule has 1 rings (SSSR count). The molecule has 0 unspecified atom stereocenters. The zero-order valence-electron chi connectivity index (χ0n) is 10.4. The second kappa shape index (κ2) is 6.59. The molecule has 0 radical (unpaired) electrons. The fourth-order valence-corrected chi connectivity index (χ4v) is 2.72. The molecule has 0 atom stereocenters. The second-order valence-electron chi connectivity index (χ2n) is 3.86. The highest BCUT2D eigenvalue weighted by atomic mass is 35.5. The van der Waals surface area contributed by atoms with Crippen LogP contribution in [0.2, 0.25) is 5.28 Å². The Hall–Kier alpha value is -1.52. The van der Waals surface area contributed by atoms with Crippen LogP contribution in [0.1, 0.15) is 25.7 Å². The fourth-order valence-electron chi connectivity index (χ4n) is 1.39. The van der Waals surface area contributed by atoms with E-state index >= 15 is 0 Å². The smallest absolute Gasteiger partial charge is 0.281 e. The summed E-state index contributed by atoms with van der Waals surface area (Å²) in [7, 11) is -2.49. The van der Waals surface area contributed by atoms with Gasteiger partial charge < -0.3 is 4.57 Å². The number of hydrogen-bond acceptors (Lipinski definition) is 4. The number of unbranched alkanes of at least 4 members (excludes halogenated alkanes) is 2. The molecule has 0 bridgehead atoms. The minimum absolute atomic E-state index is 0.0295. The summed E-state index contributed by atoms with van der Waals surface area (Å²) in [5.74, 6) is 1.87. The normalized spacial score (nSPS) is 11.0. The maximum atomic E-state index is 11.9. The molecule has 104 valence electrons. The summed E-state index contributed by atoms with van der Waals surface area (Å²) in [6.45, 7) is 0. The van der Waals surface area contributed by atoms with Gasteiger partial charge in [0.1, 0.15) is 0 Å². The number of aromatic nitrogens is 2. The van der Waals surface area contributed by atoms with Crippen LogP contribution in [0, 0.1) is 12.3 Å². The van der Waals surface area contributed by atoms with Crippen LogP contribution in [0.3, 0.4) is 0 Å². The number of nitrogens with one attached hydrogen (secondary N) is 1. The Bertz CT molecular complexity index is 601. The van der Waals surface area contributed by atoms with Crippen LogP contribution in [0.5, 0.6) is 0 Å². The summed E-state index contributed by atoms with van der Waals surface area (Å²) in [6.07, 6.45) is 8.06. The molecule has 1 N–H and O–H groups in total. The highest BCUT2D eigenvalue weighted by molar-refractivity contribution is 7.90. The Labute approximate surface area is 117 Å². The van der Waals surface area contributed by atoms with Crippen molar-refractivity contribution in [2.24, 2.45) is 7.05 Å². The van der Waals surface area contributed by atoms with Crippen molar-refractivity contribution < 1.29 is 13.2 Å². The number of terminal acetylenes is 1. The molecule has 0 fully saturated rings. The molecule has 0 aliphatic rings. The van der Waals surface area contributed by atoms with E-state index in [4.69, 9.17) is 18.0 Å². The number of amides is 1. The van der Waals surface area contributed by atoms with Gasteiger partial charge in [-0.2, -0.15) is 8.42 Å². The maximum Gasteiger partial charge on any atom is 0.281 e. The fraction of sp³-hybridized carbons (Fsp3) is 0.455. The number of rotatable bonds is 6. The van der Waals surface area contributed by atoms with Crippen molar-refractivity contribution in [2.75, 3.05) is 0 Å². The number of nitrogens with zero attached hydrogens (tertiary/aromatic N) is 2. The van der Waals surface area contributed by atoms with Crippen molar-refractivity contribution in [2.45, 2.75) is 30.7 Å². The van der Waals surface area contributed by atoms with Gasteiger partial charge in [0.25, 0.3) is 10.0 Å². The third-order valence-corrected chi connectivity index (χ3v) is 4.16. The number of carbonyl (C=O) groups excluding carboxylic acids is 1. The number of carbonyl (C=O) groups is 1. The van der Waals surface area contributed by atoms with Crippen molar-refractivity contribution in [3.63, 3.8) is 0 Å². The minimum Gasteiger partial charge on any atom is -0.307 e. The van der Waals surface area contributed by atoms with E-state index < -0.39 is 15.9 Å². The summed E-state index contributed by atoms with van der Waals surface area (Å²) in [5, 5.41) is -0.128. The van der Waals surface area contributed by atoms with Crippen molar-refractivity contribution in [1.29, 1.82) is 0 Å². The van der Waals surface area contributed by atoms with E-state index in [0.29, 0.717) is 19.3 Å². The largest absolute Gasteiger partial charge is 0.307 e. The minimum atomic E-state index is -3.94. The molecule has 0 aliphatic carbocycles. The molecule has 1 aromatic heterocycles. The van der Waals surface area contributed by atoms with Crippen LogP contribution in [-0.2, 0) is 21.9 Å². The molecule has 0 spiro atoms. The van der Waals surface area contributed by atoms with Gasteiger partial charge in [-0.3, -0.25) is 4.79 Å². The predicted octanol–water partition coefficient (Wildman–Crippen LogP) is 1.07. The lowest BCUT2D eigenvalue weighted by atomic mass is 10.2. The Kier molecular flexibility index (Phi) is 5.39. The zero-order chi connectivity index (χ0) is 14.5. The van der Waals surface area contributed by atoms with Gasteiger partial charge in [0.2, 0.25) is 11.2 Å². The first-order valence-electron chi connectivity index (χ1n) is 5.55. The average Bonchev–Trinajstić information content (AvgIpc) is 2.66. The van der Waals surface area contributed by atoms with Crippen molar-refractivity contribution in [3.05, 3.63) is 11.5 Å². The van der Waals surface area contributed by atoms with E-state index in [-0.39, 0.29) is 16.7 Å². The Balaban J connectivity index is 2.63. The maximum absolute atomic E-state index is 11.9. The Morgan fingerprint density at radius 2 is 2.26 bits per heavy atom. The number of sulfonamides is 1. The third-order valence-electron chi connectivity index (χ3n) is 2.39. The van der Waals surface area contributed by atoms with Gasteiger partial charge in [-0.05, 0) is 24.4 Å². The molecule has 0 aromatic carbocycles. The number of hydrogen-bond donors (Lipinski definition) is 1. The summed E-state index contributed by atoms with van der Waals surface area (Å²) in [6, 6.07) is 0. The van der Waals surface area contributed by atoms with Gasteiger partial charge in [0, 0.05) is 19.9 Å². The predicted molar refractivity (Wildman–Crippen MR) is 70.8 cm³/mol. The van der Waals surface area contributed by atoms with Gasteiger partial charge in [-0.1, -0.05) is 0 Å². The van der Waals surface area contributed by atoms with E-state index in [2.05, 4.69) is 10.9 Å². The Morgan fingerprint density at radius 1 is 1.58 bits per heavy atom. The first-order chi connectivity index (χ1) is 8.88. The number of halogens is 1. The second-order valence-corrected chi connectivity index (χ2v) is 5.83. The molecule has 0 saturated heterocycles. The first-order valence-corrected chi connectivity index (χ1v) is 7.41. The lowest BCUT2D eigenvalue weighted by molar-refractivity contribution is -0.119. The molecule has 8 heteroatoms. The molecule has 0 aliphatic heterocycles. The standard InChI is InChI=1S/C11H14ClN3O3S/c1-3-4-5-6-7-9(16)14-19(17,18)10-8-13-11(12)15(10)2/h1,8H,4-7H2,2H3,(H,14,16). The molecule has 1 heterocycles. The molecule has 1 aromatic rings. The van der Waals surface area contributed by atoms with Gasteiger partial charge in [0.15, 0.2) is 5.03 Å². The van der Waals surface area contributed by atoms with E-state index in [0.717, 1.165) is 6.20 Å². The summed E-state index contributed by atoms with van der Waals surface area (Å²) in [4.78, 5) is 15.2. The van der Waals surface area contributed by atoms with Crippen LogP contribution in [-0.4, -0.2) is 23.9 Å². The van der Waals surface area contributed by atoms with Crippen LogP contribution in [0.15, 0.2) is 11.2 Å². The van der Waals surface area contributed by atoms with Crippen LogP contribution in [0.4, 0.5) is 0 Å². The molecular formula is C11H14ClN3O3S. The van der Waals surface area contributed by atoms with Crippen LogP contribution < -0.4 is 4.72 Å². The van der Waals surface area contributed by atoms with Gasteiger partial charge >= 0.3 is 0 Å². The Morgan fingerprint density at radius 3 is 2.79 bits per heavy atom. The summed E-state index contributed by atoms with van der Waals surface area (Å²) < 4.78 is 26.9. The van der Waals surface area contributed by atoms with Crippen molar-refractivity contribution in [3.8, 4) is 12.3 Å². The molecular weight excluding hydrogens is 290 g/mol. The lowest BCUT2D eigenvalue weighted by Gasteiger charge is -2.07. The average molecular weight is 304 g/mol. The van der Waals surface area contributed by atoms with E-state index in [9.17, 15) is 13.2 Å². The van der Waals surface area contributed by atoms with E-state index in [1.165, 1.54) is 11.6 Å². The monoisotopic (exact) mass is 303 g/mol. The van der Waals surface area contributed by atoms with Gasteiger partial charge in [0.05, 0.1) is 6.20 Å². The quantitative estimate of drug-likeness (QED) is 0.629. The number of imidazole rings is 1. The first kappa shape index (κ1) is 15.5. The highest BCUT2D eigenvalue weighted by Crippen LogP contribution is 2.13. The van der Waals surface area contributed by atoms with E-state index in [1.54, 1.807) is 0 Å². The zero-order valence-corrected chi connectivity index (χ0v) is 12.0. The lowest BCUT2D eigenvalue weighted by Crippen LogP contribution is -2.31. The van der Waals surface area contributed by atoms with Crippen molar-refractivity contribution in [1.82, 2.24) is 14.3 Å². The van der Waals surface area contributed by atoms with Gasteiger partial charge in [-0.15, -0.1) is 12.3 Å².